The Morgan fingerprint density at radius 2 is 1.88 bits per heavy atom. The number of hydrogen-bond acceptors (Lipinski definition) is 8. The second kappa shape index (κ2) is 10.9. The van der Waals surface area contributed by atoms with Crippen LogP contribution in [0, 0.1) is 0 Å². The van der Waals surface area contributed by atoms with Crippen molar-refractivity contribution in [3.05, 3.63) is 78.6 Å². The summed E-state index contributed by atoms with van der Waals surface area (Å²) in [5, 5.41) is 6.82. The fourth-order valence-corrected chi connectivity index (χ4v) is 3.05. The van der Waals surface area contributed by atoms with Gasteiger partial charge >= 0.3 is 0 Å². The number of aromatic nitrogens is 4. The normalized spacial score (nSPS) is 10.6. The predicted molar refractivity (Wildman–Crippen MR) is 121 cm³/mol. The second-order valence-corrected chi connectivity index (χ2v) is 7.14. The van der Waals surface area contributed by atoms with E-state index < -0.39 is 0 Å². The maximum Gasteiger partial charge on any atom is 0.226 e. The van der Waals surface area contributed by atoms with Gasteiger partial charge in [-0.25, -0.2) is 4.98 Å². The Morgan fingerprint density at radius 1 is 1.06 bits per heavy atom. The van der Waals surface area contributed by atoms with Crippen molar-refractivity contribution >= 4 is 11.7 Å². The molecule has 0 fully saturated rings. The number of rotatable bonds is 10. The molecule has 9 heteroatoms. The van der Waals surface area contributed by atoms with Crippen LogP contribution in [0.1, 0.15) is 24.3 Å². The number of methoxy groups -OCH3 is 1. The molecule has 0 spiro atoms. The van der Waals surface area contributed by atoms with Gasteiger partial charge in [0.05, 0.1) is 7.11 Å². The number of nitrogens with one attached hydrogen (secondary N) is 1. The van der Waals surface area contributed by atoms with E-state index in [-0.39, 0.29) is 12.3 Å². The first kappa shape index (κ1) is 21.9. The summed E-state index contributed by atoms with van der Waals surface area (Å²) in [6.07, 6.45) is 6.33. The van der Waals surface area contributed by atoms with Crippen LogP contribution in [0.4, 0.5) is 5.82 Å². The molecule has 1 aromatic carbocycles. The highest BCUT2D eigenvalue weighted by atomic mass is 16.5. The number of carbonyl (C=O) groups excluding carboxylic acids is 1. The molecule has 168 valence electrons. The quantitative estimate of drug-likeness (QED) is 0.389. The van der Waals surface area contributed by atoms with Crippen molar-refractivity contribution in [2.45, 2.75) is 25.9 Å². The highest BCUT2D eigenvalue weighted by Crippen LogP contribution is 2.23. The number of amides is 1. The first-order valence-electron chi connectivity index (χ1n) is 10.4. The predicted octanol–water partition coefficient (Wildman–Crippen LogP) is 4.08. The molecule has 1 N–H and O–H groups in total. The molecule has 4 rings (SSSR count). The van der Waals surface area contributed by atoms with E-state index in [2.05, 4.69) is 25.4 Å². The average Bonchev–Trinajstić information content (AvgIpc) is 3.33. The van der Waals surface area contributed by atoms with Crippen LogP contribution in [-0.2, 0) is 17.8 Å². The van der Waals surface area contributed by atoms with Crippen molar-refractivity contribution in [2.24, 2.45) is 0 Å². The monoisotopic (exact) mass is 445 g/mol. The molecule has 0 aliphatic carbocycles. The maximum atomic E-state index is 12.4. The number of aryl methyl sites for hydroxylation is 1. The molecule has 0 radical (unpaired) electrons. The van der Waals surface area contributed by atoms with Gasteiger partial charge in [-0.1, -0.05) is 5.16 Å². The Kier molecular flexibility index (Phi) is 7.22. The summed E-state index contributed by atoms with van der Waals surface area (Å²) in [7, 11) is 1.61. The Labute approximate surface area is 190 Å². The number of nitrogens with zero attached hydrogens (tertiary/aromatic N) is 4. The second-order valence-electron chi connectivity index (χ2n) is 7.14. The van der Waals surface area contributed by atoms with Gasteiger partial charge in [-0.3, -0.25) is 9.78 Å². The minimum atomic E-state index is -0.169. The zero-order chi connectivity index (χ0) is 22.9. The van der Waals surface area contributed by atoms with E-state index in [1.54, 1.807) is 37.8 Å². The molecule has 3 heterocycles. The molecule has 9 nitrogen and oxygen atoms in total. The third-order valence-electron chi connectivity index (χ3n) is 4.78. The van der Waals surface area contributed by atoms with E-state index in [0.717, 1.165) is 16.9 Å². The van der Waals surface area contributed by atoms with E-state index in [1.807, 2.05) is 36.4 Å². The molecule has 4 aromatic rings. The lowest BCUT2D eigenvalue weighted by atomic mass is 10.2. The highest BCUT2D eigenvalue weighted by molar-refractivity contribution is 5.91. The third-order valence-corrected chi connectivity index (χ3v) is 4.78. The van der Waals surface area contributed by atoms with Gasteiger partial charge < -0.3 is 19.3 Å². The fraction of sp³-hybridized carbons (Fsp3) is 0.208. The van der Waals surface area contributed by atoms with Crippen molar-refractivity contribution in [1.29, 1.82) is 0 Å². The number of anilines is 1. The Balaban J connectivity index is 1.26. The average molecular weight is 445 g/mol. The number of carbonyl (C=O) groups is 1. The number of hydrogen-bond donors (Lipinski definition) is 1. The van der Waals surface area contributed by atoms with Crippen LogP contribution < -0.4 is 14.8 Å². The van der Waals surface area contributed by atoms with Gasteiger partial charge in [0.1, 0.15) is 12.4 Å². The van der Waals surface area contributed by atoms with Gasteiger partial charge in [0.2, 0.25) is 17.6 Å². The summed E-state index contributed by atoms with van der Waals surface area (Å²) in [6.45, 7) is 0.352. The highest BCUT2D eigenvalue weighted by Gasteiger charge is 2.12. The summed E-state index contributed by atoms with van der Waals surface area (Å²) in [6, 6.07) is 14.7. The lowest BCUT2D eigenvalue weighted by Gasteiger charge is -2.11. The summed E-state index contributed by atoms with van der Waals surface area (Å²) in [4.78, 5) is 25.0. The van der Waals surface area contributed by atoms with E-state index in [1.165, 1.54) is 0 Å². The molecule has 0 aliphatic rings. The van der Waals surface area contributed by atoms with Crippen LogP contribution in [0.2, 0.25) is 0 Å². The first-order valence-corrected chi connectivity index (χ1v) is 10.4. The van der Waals surface area contributed by atoms with Crippen LogP contribution in [0.5, 0.6) is 11.5 Å². The Hall–Kier alpha value is -4.27. The maximum absolute atomic E-state index is 12.4. The van der Waals surface area contributed by atoms with Crippen LogP contribution in [0.15, 0.2) is 71.6 Å². The number of ether oxygens (including phenoxy) is 2. The van der Waals surface area contributed by atoms with Crippen LogP contribution in [-0.4, -0.2) is 33.1 Å². The minimum Gasteiger partial charge on any atom is -0.497 e. The summed E-state index contributed by atoms with van der Waals surface area (Å²) in [5.41, 5.74) is 1.80. The van der Waals surface area contributed by atoms with Crippen molar-refractivity contribution in [2.75, 3.05) is 12.4 Å². The molecule has 0 atom stereocenters. The van der Waals surface area contributed by atoms with Crippen molar-refractivity contribution in [1.82, 2.24) is 20.1 Å². The van der Waals surface area contributed by atoms with Crippen LogP contribution in [0.25, 0.3) is 11.4 Å². The topological polar surface area (TPSA) is 112 Å². The molecule has 0 aliphatic heterocycles. The third kappa shape index (κ3) is 6.13. The molecule has 1 amide bonds. The van der Waals surface area contributed by atoms with Gasteiger partial charge in [0, 0.05) is 37.0 Å². The molecular weight excluding hydrogens is 422 g/mol. The lowest BCUT2D eigenvalue weighted by molar-refractivity contribution is -0.116. The first-order chi connectivity index (χ1) is 16.2. The smallest absolute Gasteiger partial charge is 0.226 e. The van der Waals surface area contributed by atoms with Crippen molar-refractivity contribution in [3.8, 4) is 22.9 Å². The molecular formula is C24H23N5O4. The van der Waals surface area contributed by atoms with E-state index in [0.29, 0.717) is 42.7 Å². The number of benzene rings is 1. The van der Waals surface area contributed by atoms with Crippen molar-refractivity contribution < 1.29 is 18.8 Å². The molecule has 0 bridgehead atoms. The standard InChI is InChI=1S/C24H23N5O4/c1-31-19-9-7-18(8-10-19)23-28-22(33-29-23)6-2-5-21(30)27-24-20(4-3-13-26-24)32-16-17-11-14-25-15-12-17/h3-4,7-15H,2,5-6,16H2,1H3,(H,26,27,30). The Morgan fingerprint density at radius 3 is 2.67 bits per heavy atom. The molecule has 0 unspecified atom stereocenters. The summed E-state index contributed by atoms with van der Waals surface area (Å²) < 4.78 is 16.3. The lowest BCUT2D eigenvalue weighted by Crippen LogP contribution is -2.14. The molecule has 3 aromatic heterocycles. The van der Waals surface area contributed by atoms with Gasteiger partial charge in [-0.2, -0.15) is 4.98 Å². The van der Waals surface area contributed by atoms with Crippen LogP contribution >= 0.6 is 0 Å². The van der Waals surface area contributed by atoms with Crippen molar-refractivity contribution in [3.63, 3.8) is 0 Å². The van der Waals surface area contributed by atoms with Gasteiger partial charge in [0.15, 0.2) is 11.6 Å². The number of pyridine rings is 2. The fourth-order valence-electron chi connectivity index (χ4n) is 3.05. The van der Waals surface area contributed by atoms with E-state index in [9.17, 15) is 4.79 Å². The van der Waals surface area contributed by atoms with E-state index in [4.69, 9.17) is 14.0 Å². The van der Waals surface area contributed by atoms with Gasteiger partial charge in [-0.15, -0.1) is 0 Å². The minimum absolute atomic E-state index is 0.169. The summed E-state index contributed by atoms with van der Waals surface area (Å²) in [5.74, 6) is 2.46. The van der Waals surface area contributed by atoms with E-state index >= 15 is 0 Å². The molecule has 0 saturated carbocycles. The Bertz CT molecular complexity index is 1180. The molecule has 0 saturated heterocycles. The summed E-state index contributed by atoms with van der Waals surface area (Å²) >= 11 is 0. The van der Waals surface area contributed by atoms with Crippen LogP contribution in [0.3, 0.4) is 0 Å². The van der Waals surface area contributed by atoms with Gasteiger partial charge in [0.25, 0.3) is 0 Å². The zero-order valence-electron chi connectivity index (χ0n) is 18.1. The van der Waals surface area contributed by atoms with Gasteiger partial charge in [-0.05, 0) is 60.5 Å². The largest absolute Gasteiger partial charge is 0.497 e. The zero-order valence-corrected chi connectivity index (χ0v) is 18.1. The molecule has 33 heavy (non-hydrogen) atoms. The SMILES string of the molecule is COc1ccc(-c2noc(CCCC(=O)Nc3ncccc3OCc3ccncc3)n2)cc1.